The van der Waals surface area contributed by atoms with Crippen molar-refractivity contribution >= 4 is 22.5 Å². The minimum atomic E-state index is -0.369. The van der Waals surface area contributed by atoms with Gasteiger partial charge in [0.1, 0.15) is 5.82 Å². The van der Waals surface area contributed by atoms with Crippen LogP contribution in [-0.4, -0.2) is 17.5 Å². The third-order valence-corrected chi connectivity index (χ3v) is 5.24. The first-order valence-electron chi connectivity index (χ1n) is 9.20. The molecule has 2 aromatic carbocycles. The van der Waals surface area contributed by atoms with Crippen LogP contribution in [-0.2, 0) is 6.54 Å². The molecule has 0 atom stereocenters. The van der Waals surface area contributed by atoms with Gasteiger partial charge in [-0.1, -0.05) is 0 Å². The van der Waals surface area contributed by atoms with Crippen LogP contribution < -0.4 is 10.5 Å². The van der Waals surface area contributed by atoms with E-state index < -0.39 is 0 Å². The van der Waals surface area contributed by atoms with E-state index in [0.29, 0.717) is 18.0 Å². The highest BCUT2D eigenvalue weighted by atomic mass is 19.1. The average molecular weight is 364 g/mol. The molecular weight excluding hydrogens is 343 g/mol. The molecule has 1 fully saturated rings. The van der Waals surface area contributed by atoms with Gasteiger partial charge in [-0.2, -0.15) is 0 Å². The van der Waals surface area contributed by atoms with E-state index in [4.69, 9.17) is 0 Å². The first kappa shape index (κ1) is 17.5. The molecule has 1 aliphatic rings. The van der Waals surface area contributed by atoms with Crippen molar-refractivity contribution in [1.29, 1.82) is 0 Å². The largest absolute Gasteiger partial charge is 0.311 e. The number of benzene rings is 2. The van der Waals surface area contributed by atoms with E-state index in [9.17, 15) is 14.0 Å². The number of aromatic nitrogens is 1. The van der Waals surface area contributed by atoms with E-state index in [-0.39, 0.29) is 17.3 Å². The van der Waals surface area contributed by atoms with Crippen LogP contribution in [0.15, 0.2) is 53.3 Å². The maximum Gasteiger partial charge on any atom is 0.258 e. The van der Waals surface area contributed by atoms with Crippen LogP contribution in [0.25, 0.3) is 10.9 Å². The molecule has 1 heterocycles. The van der Waals surface area contributed by atoms with Crippen LogP contribution in [0, 0.1) is 5.82 Å². The van der Waals surface area contributed by atoms with Crippen molar-refractivity contribution in [1.82, 2.24) is 4.57 Å². The van der Waals surface area contributed by atoms with E-state index in [1.165, 1.54) is 24.3 Å². The Morgan fingerprint density at radius 3 is 2.48 bits per heavy atom. The molecule has 0 unspecified atom stereocenters. The number of aryl methyl sites for hydroxylation is 1. The van der Waals surface area contributed by atoms with Crippen molar-refractivity contribution in [2.24, 2.45) is 0 Å². The molecule has 1 aliphatic carbocycles. The summed E-state index contributed by atoms with van der Waals surface area (Å²) < 4.78 is 14.9. The molecule has 4 rings (SSSR count). The Hall–Kier alpha value is -2.95. The minimum Gasteiger partial charge on any atom is -0.311 e. The Kier molecular flexibility index (Phi) is 4.30. The van der Waals surface area contributed by atoms with Crippen molar-refractivity contribution in [3.8, 4) is 0 Å². The summed E-state index contributed by atoms with van der Waals surface area (Å²) in [6.45, 7) is 2.56. The van der Waals surface area contributed by atoms with Crippen LogP contribution in [0.2, 0.25) is 0 Å². The van der Waals surface area contributed by atoms with E-state index in [2.05, 4.69) is 0 Å². The van der Waals surface area contributed by atoms with Crippen LogP contribution in [0.3, 0.4) is 0 Å². The van der Waals surface area contributed by atoms with Crippen LogP contribution >= 0.6 is 0 Å². The SMILES string of the molecule is CCn1c(=O)cc(C2CC2)c2cc(N(C)C(=O)c3ccc(F)cc3)ccc21. The lowest BCUT2D eigenvalue weighted by atomic mass is 10.0. The quantitative estimate of drug-likeness (QED) is 0.692. The third-order valence-electron chi connectivity index (χ3n) is 5.24. The van der Waals surface area contributed by atoms with Gasteiger partial charge in [0.05, 0.1) is 5.52 Å². The predicted octanol–water partition coefficient (Wildman–Crippen LogP) is 4.31. The Morgan fingerprint density at radius 1 is 1.15 bits per heavy atom. The first-order valence-corrected chi connectivity index (χ1v) is 9.20. The molecule has 1 aromatic heterocycles. The molecular formula is C22H21FN2O2. The number of pyridine rings is 1. The zero-order valence-electron chi connectivity index (χ0n) is 15.4. The Labute approximate surface area is 156 Å². The van der Waals surface area contributed by atoms with E-state index in [1.54, 1.807) is 22.6 Å². The minimum absolute atomic E-state index is 0.0235. The van der Waals surface area contributed by atoms with Gasteiger partial charge in [-0.05, 0) is 73.7 Å². The summed E-state index contributed by atoms with van der Waals surface area (Å²) in [6.07, 6.45) is 2.19. The highest BCUT2D eigenvalue weighted by molar-refractivity contribution is 6.06. The fraction of sp³-hybridized carbons (Fsp3) is 0.273. The van der Waals surface area contributed by atoms with Gasteiger partial charge in [-0.25, -0.2) is 4.39 Å². The zero-order valence-corrected chi connectivity index (χ0v) is 15.4. The van der Waals surface area contributed by atoms with Gasteiger partial charge in [0.2, 0.25) is 0 Å². The molecule has 0 radical (unpaired) electrons. The van der Waals surface area contributed by atoms with Crippen LogP contribution in [0.4, 0.5) is 10.1 Å². The number of carbonyl (C=O) groups is 1. The predicted molar refractivity (Wildman–Crippen MR) is 105 cm³/mol. The lowest BCUT2D eigenvalue weighted by Crippen LogP contribution is -2.26. The van der Waals surface area contributed by atoms with Crippen molar-refractivity contribution in [2.45, 2.75) is 32.2 Å². The van der Waals surface area contributed by atoms with Crippen molar-refractivity contribution in [2.75, 3.05) is 11.9 Å². The summed E-state index contributed by atoms with van der Waals surface area (Å²) in [6, 6.07) is 13.0. The average Bonchev–Trinajstić information content (AvgIpc) is 3.51. The summed E-state index contributed by atoms with van der Waals surface area (Å²) in [5, 5.41) is 1.02. The van der Waals surface area contributed by atoms with Crippen molar-refractivity contribution < 1.29 is 9.18 Å². The molecule has 0 aliphatic heterocycles. The second kappa shape index (κ2) is 6.65. The molecule has 138 valence electrons. The maximum absolute atomic E-state index is 13.1. The second-order valence-electron chi connectivity index (χ2n) is 7.03. The van der Waals surface area contributed by atoms with Gasteiger partial charge in [0.25, 0.3) is 11.5 Å². The number of anilines is 1. The standard InChI is InChI=1S/C22H21FN2O2/c1-3-25-20-11-10-17(12-19(20)18(13-21(25)26)14-4-5-14)24(2)22(27)15-6-8-16(23)9-7-15/h6-14H,3-5H2,1-2H3. The zero-order chi connectivity index (χ0) is 19.1. The normalized spacial score (nSPS) is 13.7. The van der Waals surface area contributed by atoms with Gasteiger partial charge in [-0.3, -0.25) is 9.59 Å². The monoisotopic (exact) mass is 364 g/mol. The summed E-state index contributed by atoms with van der Waals surface area (Å²) in [4.78, 5) is 26.7. The van der Waals surface area contributed by atoms with E-state index in [0.717, 1.165) is 35.0 Å². The molecule has 1 amide bonds. The summed E-state index contributed by atoms with van der Waals surface area (Å²) in [5.41, 5.74) is 3.18. The van der Waals surface area contributed by atoms with Crippen molar-refractivity contribution in [3.05, 3.63) is 75.8 Å². The van der Waals surface area contributed by atoms with Gasteiger partial charge in [-0.15, -0.1) is 0 Å². The Bertz CT molecular complexity index is 1080. The summed E-state index contributed by atoms with van der Waals surface area (Å²) in [5.74, 6) is -0.141. The molecule has 0 spiro atoms. The maximum atomic E-state index is 13.1. The number of amides is 1. The van der Waals surface area contributed by atoms with E-state index >= 15 is 0 Å². The fourth-order valence-electron chi connectivity index (χ4n) is 3.57. The molecule has 0 bridgehead atoms. The van der Waals surface area contributed by atoms with Gasteiger partial charge in [0.15, 0.2) is 0 Å². The second-order valence-corrected chi connectivity index (χ2v) is 7.03. The molecule has 0 saturated heterocycles. The number of hydrogen-bond acceptors (Lipinski definition) is 2. The van der Waals surface area contributed by atoms with Crippen molar-refractivity contribution in [3.63, 3.8) is 0 Å². The fourth-order valence-corrected chi connectivity index (χ4v) is 3.57. The Balaban J connectivity index is 1.79. The third kappa shape index (κ3) is 3.14. The molecule has 0 N–H and O–H groups in total. The molecule has 3 aromatic rings. The summed E-state index contributed by atoms with van der Waals surface area (Å²) >= 11 is 0. The number of halogens is 1. The lowest BCUT2D eigenvalue weighted by molar-refractivity contribution is 0.0993. The topological polar surface area (TPSA) is 42.3 Å². The smallest absolute Gasteiger partial charge is 0.258 e. The van der Waals surface area contributed by atoms with Crippen LogP contribution in [0.1, 0.15) is 41.6 Å². The van der Waals surface area contributed by atoms with Gasteiger partial charge >= 0.3 is 0 Å². The number of hydrogen-bond donors (Lipinski definition) is 0. The van der Waals surface area contributed by atoms with E-state index in [1.807, 2.05) is 25.1 Å². The highest BCUT2D eigenvalue weighted by Crippen LogP contribution is 2.43. The number of fused-ring (bicyclic) bond motifs is 1. The highest BCUT2D eigenvalue weighted by Gasteiger charge is 2.27. The molecule has 5 heteroatoms. The van der Waals surface area contributed by atoms with Crippen LogP contribution in [0.5, 0.6) is 0 Å². The number of nitrogens with zero attached hydrogens (tertiary/aromatic N) is 2. The van der Waals surface area contributed by atoms with Gasteiger partial charge in [0, 0.05) is 36.3 Å². The molecule has 4 nitrogen and oxygen atoms in total. The number of rotatable bonds is 4. The number of carbonyl (C=O) groups excluding carboxylic acids is 1. The Morgan fingerprint density at radius 2 is 1.85 bits per heavy atom. The summed E-state index contributed by atoms with van der Waals surface area (Å²) in [7, 11) is 1.71. The lowest BCUT2D eigenvalue weighted by Gasteiger charge is -2.20. The first-order chi connectivity index (χ1) is 13.0. The molecule has 1 saturated carbocycles. The molecule has 27 heavy (non-hydrogen) atoms. The van der Waals surface area contributed by atoms with Gasteiger partial charge < -0.3 is 9.47 Å².